The van der Waals surface area contributed by atoms with Crippen molar-refractivity contribution in [2.75, 3.05) is 19.8 Å². The lowest BCUT2D eigenvalue weighted by Crippen LogP contribution is -2.69. The number of ether oxygens (including phenoxy) is 2. The first-order valence-corrected chi connectivity index (χ1v) is 16.3. The van der Waals surface area contributed by atoms with Crippen LogP contribution in [-0.2, 0) is 38.3 Å². The number of alkyl carbamates (subject to hydrolysis) is 1. The second kappa shape index (κ2) is 15.1. The SMILES string of the molecule is C[C@]12C=CC(=O)CC1=CC[C@H]1[C@@H]3C[C@@H](O)[C@](O)(C(=O)COC(=O)NC(COC(=O)CCCC(CO[N+](=O)[O-])O[N+](=O)[O-])C(=O)O)[C@@]3(C)C[C@H](O)[C@@]12F. The number of aliphatic hydroxyl groups excluding tert-OH is 2. The molecule has 21 heteroatoms. The smallest absolute Gasteiger partial charge is 0.408 e. The second-order valence-corrected chi connectivity index (χ2v) is 13.9. The number of carboxylic acids is 1. The zero-order chi connectivity index (χ0) is 38.8. The Balaban J connectivity index is 1.34. The number of aliphatic carboxylic acids is 1. The molecule has 4 rings (SSSR count). The zero-order valence-electron chi connectivity index (χ0n) is 28.1. The van der Waals surface area contributed by atoms with Gasteiger partial charge in [-0.15, -0.1) is 20.2 Å². The number of nitrogens with one attached hydrogen (secondary N) is 1. The molecule has 52 heavy (non-hydrogen) atoms. The minimum Gasteiger partial charge on any atom is -0.480 e. The van der Waals surface area contributed by atoms with Crippen molar-refractivity contribution < 1.29 is 78.1 Å². The normalized spacial score (nSPS) is 34.3. The molecular weight excluding hydrogens is 705 g/mol. The van der Waals surface area contributed by atoms with Crippen LogP contribution in [0.2, 0.25) is 0 Å². The highest BCUT2D eigenvalue weighted by molar-refractivity contribution is 5.94. The van der Waals surface area contributed by atoms with Crippen LogP contribution in [0.3, 0.4) is 0 Å². The number of ketones is 2. The first kappa shape index (κ1) is 40.0. The van der Waals surface area contributed by atoms with Gasteiger partial charge in [-0.1, -0.05) is 24.6 Å². The van der Waals surface area contributed by atoms with Crippen molar-refractivity contribution in [1.82, 2.24) is 5.32 Å². The van der Waals surface area contributed by atoms with Crippen LogP contribution < -0.4 is 5.32 Å². The molecule has 0 spiro atoms. The largest absolute Gasteiger partial charge is 0.480 e. The van der Waals surface area contributed by atoms with Gasteiger partial charge in [0, 0.05) is 29.6 Å². The Morgan fingerprint density at radius 2 is 1.77 bits per heavy atom. The van der Waals surface area contributed by atoms with E-state index in [9.17, 15) is 64.6 Å². The van der Waals surface area contributed by atoms with Gasteiger partial charge in [-0.05, 0) is 51.0 Å². The molecule has 2 saturated carbocycles. The maximum absolute atomic E-state index is 17.3. The van der Waals surface area contributed by atoms with E-state index < -0.39 is 125 Å². The number of esters is 1. The molecule has 0 aliphatic heterocycles. The molecule has 10 atom stereocenters. The molecule has 4 aliphatic carbocycles. The number of Topliss-reactive ketones (excluding diaryl/α,β-unsaturated/α-hetero) is 1. The van der Waals surface area contributed by atoms with Gasteiger partial charge in [-0.2, -0.15) is 0 Å². The zero-order valence-corrected chi connectivity index (χ0v) is 28.1. The van der Waals surface area contributed by atoms with Crippen molar-refractivity contribution in [1.29, 1.82) is 0 Å². The molecule has 0 bridgehead atoms. The van der Waals surface area contributed by atoms with Crippen molar-refractivity contribution >= 4 is 29.6 Å². The number of aliphatic hydroxyl groups is 3. The molecule has 0 heterocycles. The molecule has 0 radical (unpaired) electrons. The van der Waals surface area contributed by atoms with Crippen molar-refractivity contribution in [3.63, 3.8) is 0 Å². The maximum Gasteiger partial charge on any atom is 0.408 e. The topological polar surface area (TPSA) is 302 Å². The third-order valence-corrected chi connectivity index (χ3v) is 11.1. The number of rotatable bonds is 16. The van der Waals surface area contributed by atoms with E-state index in [-0.39, 0.29) is 37.9 Å². The Hall–Kier alpha value is -4.76. The van der Waals surface area contributed by atoms with Crippen LogP contribution in [-0.4, -0.2) is 116 Å². The fraction of sp³-hybridized carbons (Fsp3) is 0.710. The van der Waals surface area contributed by atoms with Crippen LogP contribution in [0.1, 0.15) is 58.8 Å². The first-order valence-electron chi connectivity index (χ1n) is 16.3. The molecule has 5 N–H and O–H groups in total. The molecular formula is C31H40FN3O17. The van der Waals surface area contributed by atoms with Crippen LogP contribution in [0.25, 0.3) is 0 Å². The van der Waals surface area contributed by atoms with Gasteiger partial charge in [0.1, 0.15) is 19.3 Å². The quantitative estimate of drug-likeness (QED) is 0.0614. The van der Waals surface area contributed by atoms with Gasteiger partial charge in [0.2, 0.25) is 5.78 Å². The Labute approximate surface area is 294 Å². The van der Waals surface area contributed by atoms with Gasteiger partial charge in [0.05, 0.1) is 12.2 Å². The van der Waals surface area contributed by atoms with Crippen LogP contribution in [0.5, 0.6) is 0 Å². The summed E-state index contributed by atoms with van der Waals surface area (Å²) in [6.45, 7) is 0.112. The monoisotopic (exact) mass is 745 g/mol. The summed E-state index contributed by atoms with van der Waals surface area (Å²) in [6, 6.07) is -1.89. The summed E-state index contributed by atoms with van der Waals surface area (Å²) >= 11 is 0. The maximum atomic E-state index is 17.3. The fourth-order valence-electron chi connectivity index (χ4n) is 8.39. The number of allylic oxidation sites excluding steroid dienone is 4. The van der Waals surface area contributed by atoms with Crippen LogP contribution >= 0.6 is 0 Å². The average molecular weight is 746 g/mol. The summed E-state index contributed by atoms with van der Waals surface area (Å²) in [5, 5.41) is 64.1. The third-order valence-electron chi connectivity index (χ3n) is 11.1. The van der Waals surface area contributed by atoms with Crippen LogP contribution in [0, 0.1) is 42.9 Å². The number of hydrogen-bond donors (Lipinski definition) is 5. The van der Waals surface area contributed by atoms with Crippen LogP contribution in [0.15, 0.2) is 23.8 Å². The lowest BCUT2D eigenvalue weighted by Gasteiger charge is -2.61. The molecule has 0 aromatic carbocycles. The molecule has 20 nitrogen and oxygen atoms in total. The highest BCUT2D eigenvalue weighted by Crippen LogP contribution is 2.69. The molecule has 2 fully saturated rings. The number of carboxylic acid groups (broad SMARTS) is 1. The third kappa shape index (κ3) is 7.29. The number of amides is 1. The minimum atomic E-state index is -2.62. The van der Waals surface area contributed by atoms with E-state index in [1.54, 1.807) is 13.0 Å². The fourth-order valence-corrected chi connectivity index (χ4v) is 8.39. The average Bonchev–Trinajstić information content (AvgIpc) is 3.26. The van der Waals surface area contributed by atoms with E-state index in [0.717, 1.165) is 0 Å². The summed E-state index contributed by atoms with van der Waals surface area (Å²) < 4.78 is 27.0. The van der Waals surface area contributed by atoms with Crippen molar-refractivity contribution in [2.45, 2.75) is 94.4 Å². The van der Waals surface area contributed by atoms with Crippen LogP contribution in [0.4, 0.5) is 9.18 Å². The minimum absolute atomic E-state index is 0.0226. The van der Waals surface area contributed by atoms with E-state index in [4.69, 9.17) is 9.47 Å². The molecule has 4 aliphatic rings. The Morgan fingerprint density at radius 3 is 2.40 bits per heavy atom. The van der Waals surface area contributed by atoms with E-state index in [2.05, 4.69) is 9.68 Å². The molecule has 0 saturated heterocycles. The van der Waals surface area contributed by atoms with Gasteiger partial charge in [0.25, 0.3) is 10.2 Å². The predicted molar refractivity (Wildman–Crippen MR) is 165 cm³/mol. The van der Waals surface area contributed by atoms with E-state index in [1.165, 1.54) is 19.1 Å². The summed E-state index contributed by atoms with van der Waals surface area (Å²) in [6.07, 6.45) is -3.46. The van der Waals surface area contributed by atoms with Crippen molar-refractivity contribution in [3.05, 3.63) is 44.0 Å². The number of nitrogens with zero attached hydrogens (tertiary/aromatic N) is 2. The molecule has 1 amide bonds. The Kier molecular flexibility index (Phi) is 11.6. The van der Waals surface area contributed by atoms with Gasteiger partial charge < -0.3 is 44.9 Å². The van der Waals surface area contributed by atoms with Gasteiger partial charge in [0.15, 0.2) is 29.7 Å². The van der Waals surface area contributed by atoms with Gasteiger partial charge in [-0.25, -0.2) is 14.0 Å². The number of fused-ring (bicyclic) bond motifs is 5. The first-order chi connectivity index (χ1) is 24.2. The van der Waals surface area contributed by atoms with E-state index in [0.29, 0.717) is 5.57 Å². The summed E-state index contributed by atoms with van der Waals surface area (Å²) in [7, 11) is 0. The van der Waals surface area contributed by atoms with Gasteiger partial charge >= 0.3 is 18.0 Å². The highest BCUT2D eigenvalue weighted by atomic mass is 19.1. The number of halogens is 1. The predicted octanol–water partition coefficient (Wildman–Crippen LogP) is 0.306. The number of alkyl halides is 1. The second-order valence-electron chi connectivity index (χ2n) is 13.9. The summed E-state index contributed by atoms with van der Waals surface area (Å²) in [4.78, 5) is 91.0. The number of hydrogen-bond acceptors (Lipinski definition) is 16. The van der Waals surface area contributed by atoms with Crippen molar-refractivity contribution in [2.24, 2.45) is 22.7 Å². The summed E-state index contributed by atoms with van der Waals surface area (Å²) in [5.41, 5.74) is -7.38. The van der Waals surface area contributed by atoms with E-state index in [1.807, 2.05) is 5.32 Å². The molecule has 0 aromatic rings. The lowest BCUT2D eigenvalue weighted by atomic mass is 9.45. The molecule has 0 aromatic heterocycles. The van der Waals surface area contributed by atoms with Crippen molar-refractivity contribution in [3.8, 4) is 0 Å². The number of carbonyl (C=O) groups excluding carboxylic acids is 4. The molecule has 2 unspecified atom stereocenters. The molecule has 288 valence electrons. The van der Waals surface area contributed by atoms with E-state index >= 15 is 4.39 Å². The highest BCUT2D eigenvalue weighted by Gasteiger charge is 2.76. The Morgan fingerprint density at radius 1 is 1.08 bits per heavy atom. The standard InChI is InChI=1S/C31H40FN3O17/c1-28-9-8-17(36)10-16(28)6-7-19-20-11-22(37)31(44,29(20,2)12-23(38)30(19,28)32)24(39)15-50-27(43)33-21(26(41)42)14-49-25(40)5-3-4-18(52-35(47)48)13-51-34(45)46/h6,8-9,18-23,37-38,44H,3-5,7,10-15H2,1-2H3,(H,33,43)(H,41,42)/t18?,19-,20-,21?,22+,23-,28-,29-,30-,31-/m0/s1. The number of carbonyl (C=O) groups is 5. The summed E-state index contributed by atoms with van der Waals surface area (Å²) in [5.74, 6) is -5.93. The Bertz CT molecular complexity index is 1560. The lowest BCUT2D eigenvalue weighted by molar-refractivity contribution is -0.790. The van der Waals surface area contributed by atoms with Gasteiger partial charge in [-0.3, -0.25) is 14.4 Å².